The number of para-hydroxylation sites is 1. The van der Waals surface area contributed by atoms with Crippen LogP contribution in [0.4, 0.5) is 16.2 Å². The fraction of sp³-hybridized carbons (Fsp3) is 0.125. The first kappa shape index (κ1) is 27.7. The zero-order chi connectivity index (χ0) is 28.6. The van der Waals surface area contributed by atoms with Crippen LogP contribution in [0.25, 0.3) is 0 Å². The molecule has 0 radical (unpaired) electrons. The normalized spacial score (nSPS) is 13.2. The van der Waals surface area contributed by atoms with Gasteiger partial charge in [0.15, 0.2) is 5.71 Å². The van der Waals surface area contributed by atoms with Crippen LogP contribution in [-0.4, -0.2) is 41.0 Å². The van der Waals surface area contributed by atoms with Gasteiger partial charge in [-0.15, -0.1) is 11.8 Å². The second-order valence-corrected chi connectivity index (χ2v) is 10.5. The van der Waals surface area contributed by atoms with E-state index >= 15 is 0 Å². The van der Waals surface area contributed by atoms with E-state index in [1.807, 2.05) is 78.9 Å². The summed E-state index contributed by atoms with van der Waals surface area (Å²) in [7, 11) is 0. The van der Waals surface area contributed by atoms with Gasteiger partial charge in [-0.1, -0.05) is 60.7 Å². The number of hydrogen-bond donors (Lipinski definition) is 3. The van der Waals surface area contributed by atoms with Crippen LogP contribution < -0.4 is 15.6 Å². The van der Waals surface area contributed by atoms with Gasteiger partial charge in [0, 0.05) is 28.4 Å². The fourth-order valence-electron chi connectivity index (χ4n) is 4.49. The summed E-state index contributed by atoms with van der Waals surface area (Å²) in [6, 6.07) is 31.1. The van der Waals surface area contributed by atoms with E-state index in [1.54, 1.807) is 40.9 Å². The van der Waals surface area contributed by atoms with E-state index in [9.17, 15) is 14.4 Å². The number of nitrogens with one attached hydrogen (secondary N) is 2. The number of benzene rings is 4. The molecule has 0 atom stereocenters. The lowest BCUT2D eigenvalue weighted by atomic mass is 10.1. The predicted molar refractivity (Wildman–Crippen MR) is 162 cm³/mol. The van der Waals surface area contributed by atoms with Crippen LogP contribution in [0.5, 0.6) is 0 Å². The quantitative estimate of drug-likeness (QED) is 0.166. The van der Waals surface area contributed by atoms with E-state index in [0.717, 1.165) is 33.9 Å². The van der Waals surface area contributed by atoms with E-state index in [4.69, 9.17) is 5.11 Å². The molecule has 1 aliphatic heterocycles. The highest BCUT2D eigenvalue weighted by atomic mass is 32.2. The largest absolute Gasteiger partial charge is 0.478 e. The fourth-order valence-corrected chi connectivity index (χ4v) is 5.42. The predicted octanol–water partition coefficient (Wildman–Crippen LogP) is 5.83. The molecule has 5 rings (SSSR count). The van der Waals surface area contributed by atoms with Crippen molar-refractivity contribution in [2.75, 3.05) is 22.5 Å². The SMILES string of the molecule is O=C(NN=C1C(=O)N(CCc2ccccc2)c2ccc(SCCc3ccc(C(=O)O)cc3)cc21)Nc1ccccc1. The van der Waals surface area contributed by atoms with Crippen molar-refractivity contribution in [3.63, 3.8) is 0 Å². The topological polar surface area (TPSA) is 111 Å². The average Bonchev–Trinajstić information content (AvgIpc) is 3.25. The molecule has 0 unspecified atom stereocenters. The molecule has 9 heteroatoms. The van der Waals surface area contributed by atoms with Crippen molar-refractivity contribution < 1.29 is 19.5 Å². The van der Waals surface area contributed by atoms with Gasteiger partial charge in [-0.05, 0) is 66.4 Å². The Hall–Kier alpha value is -4.89. The van der Waals surface area contributed by atoms with Crippen molar-refractivity contribution in [1.82, 2.24) is 5.43 Å². The molecule has 8 nitrogen and oxygen atoms in total. The zero-order valence-corrected chi connectivity index (χ0v) is 22.9. The molecule has 0 spiro atoms. The third kappa shape index (κ3) is 7.01. The summed E-state index contributed by atoms with van der Waals surface area (Å²) in [6.45, 7) is 0.476. The maximum absolute atomic E-state index is 13.5. The highest BCUT2D eigenvalue weighted by Crippen LogP contribution is 2.33. The maximum Gasteiger partial charge on any atom is 0.339 e. The lowest BCUT2D eigenvalue weighted by Gasteiger charge is -2.17. The number of amides is 3. The Morgan fingerprint density at radius 1 is 0.829 bits per heavy atom. The standard InChI is InChI=1S/C32H28N4O4S/c37-30-29(34-35-32(40)33-25-9-5-2-6-10-25)27-21-26(41-20-18-23-11-13-24(14-12-23)31(38)39)15-16-28(27)36(30)19-17-22-7-3-1-4-8-22/h1-16,21H,17-20H2,(H,38,39)(H2,33,35,40). The van der Waals surface area contributed by atoms with Crippen molar-refractivity contribution in [2.24, 2.45) is 5.10 Å². The minimum absolute atomic E-state index is 0.183. The molecule has 0 fully saturated rings. The summed E-state index contributed by atoms with van der Waals surface area (Å²) in [5, 5.41) is 16.0. The monoisotopic (exact) mass is 564 g/mol. The van der Waals surface area contributed by atoms with Crippen molar-refractivity contribution in [3.05, 3.63) is 125 Å². The Kier molecular flexibility index (Phi) is 8.76. The third-order valence-electron chi connectivity index (χ3n) is 6.59. The van der Waals surface area contributed by atoms with E-state index in [-0.39, 0.29) is 17.2 Å². The number of carbonyl (C=O) groups is 3. The number of nitrogens with zero attached hydrogens (tertiary/aromatic N) is 2. The molecule has 0 saturated heterocycles. The van der Waals surface area contributed by atoms with Gasteiger partial charge in [-0.25, -0.2) is 15.0 Å². The van der Waals surface area contributed by atoms with Crippen LogP contribution in [0.15, 0.2) is 113 Å². The first-order valence-electron chi connectivity index (χ1n) is 13.1. The molecule has 0 aromatic heterocycles. The summed E-state index contributed by atoms with van der Waals surface area (Å²) < 4.78 is 0. The number of carbonyl (C=O) groups excluding carboxylic acids is 2. The zero-order valence-electron chi connectivity index (χ0n) is 22.1. The number of carboxylic acids is 1. The summed E-state index contributed by atoms with van der Waals surface area (Å²) in [5.74, 6) is -0.446. The number of aryl methyl sites for hydroxylation is 1. The Labute approximate surface area is 242 Å². The number of fused-ring (bicyclic) bond motifs is 1. The number of rotatable bonds is 10. The molecule has 1 heterocycles. The van der Waals surface area contributed by atoms with Crippen LogP contribution in [-0.2, 0) is 17.6 Å². The molecule has 3 N–H and O–H groups in total. The van der Waals surface area contributed by atoms with Gasteiger partial charge in [-0.2, -0.15) is 5.10 Å². The van der Waals surface area contributed by atoms with Crippen LogP contribution in [0.1, 0.15) is 27.0 Å². The second-order valence-electron chi connectivity index (χ2n) is 9.36. The lowest BCUT2D eigenvalue weighted by molar-refractivity contribution is -0.112. The van der Waals surface area contributed by atoms with E-state index in [0.29, 0.717) is 24.2 Å². The number of thioether (sulfide) groups is 1. The molecular formula is C32H28N4O4S. The first-order chi connectivity index (χ1) is 20.0. The maximum atomic E-state index is 13.5. The van der Waals surface area contributed by atoms with E-state index in [1.165, 1.54) is 0 Å². The van der Waals surface area contributed by atoms with Crippen LogP contribution in [0.2, 0.25) is 0 Å². The van der Waals surface area contributed by atoms with Crippen molar-refractivity contribution in [1.29, 1.82) is 0 Å². The molecule has 0 bridgehead atoms. The number of aromatic carboxylic acids is 1. The van der Waals surface area contributed by atoms with Crippen LogP contribution in [0, 0.1) is 0 Å². The van der Waals surface area contributed by atoms with E-state index in [2.05, 4.69) is 15.8 Å². The molecule has 0 saturated carbocycles. The van der Waals surface area contributed by atoms with Gasteiger partial charge in [0.1, 0.15) is 0 Å². The number of anilines is 2. The second kappa shape index (κ2) is 13.0. The summed E-state index contributed by atoms with van der Waals surface area (Å²) in [6.07, 6.45) is 1.43. The molecule has 4 aromatic carbocycles. The van der Waals surface area contributed by atoms with Gasteiger partial charge in [0.2, 0.25) is 0 Å². The van der Waals surface area contributed by atoms with Gasteiger partial charge in [0.05, 0.1) is 11.3 Å². The van der Waals surface area contributed by atoms with Gasteiger partial charge >= 0.3 is 12.0 Å². The Bertz CT molecular complexity index is 1570. The summed E-state index contributed by atoms with van der Waals surface area (Å²) in [4.78, 5) is 39.8. The van der Waals surface area contributed by atoms with Crippen molar-refractivity contribution >= 4 is 46.8 Å². The number of carboxylic acid groups (broad SMARTS) is 1. The minimum atomic E-state index is -0.944. The lowest BCUT2D eigenvalue weighted by Crippen LogP contribution is -2.34. The van der Waals surface area contributed by atoms with Crippen LogP contribution in [0.3, 0.4) is 0 Å². The number of hydrazone groups is 1. The number of hydrogen-bond acceptors (Lipinski definition) is 5. The van der Waals surface area contributed by atoms with Crippen molar-refractivity contribution in [2.45, 2.75) is 17.7 Å². The number of urea groups is 1. The highest BCUT2D eigenvalue weighted by molar-refractivity contribution is 7.99. The molecule has 206 valence electrons. The average molecular weight is 565 g/mol. The first-order valence-corrected chi connectivity index (χ1v) is 14.1. The van der Waals surface area contributed by atoms with Gasteiger partial charge in [0.25, 0.3) is 5.91 Å². The highest BCUT2D eigenvalue weighted by Gasteiger charge is 2.34. The molecular weight excluding hydrogens is 536 g/mol. The Balaban J connectivity index is 1.32. The summed E-state index contributed by atoms with van der Waals surface area (Å²) >= 11 is 1.63. The molecule has 0 aliphatic carbocycles. The molecule has 4 aromatic rings. The molecule has 3 amide bonds. The molecule has 41 heavy (non-hydrogen) atoms. The van der Waals surface area contributed by atoms with E-state index < -0.39 is 12.0 Å². The van der Waals surface area contributed by atoms with Crippen LogP contribution >= 0.6 is 11.8 Å². The Morgan fingerprint density at radius 3 is 2.22 bits per heavy atom. The Morgan fingerprint density at radius 2 is 1.51 bits per heavy atom. The minimum Gasteiger partial charge on any atom is -0.478 e. The third-order valence-corrected chi connectivity index (χ3v) is 7.59. The molecule has 1 aliphatic rings. The van der Waals surface area contributed by atoms with Crippen molar-refractivity contribution in [3.8, 4) is 0 Å². The van der Waals surface area contributed by atoms with Gasteiger partial charge in [-0.3, -0.25) is 4.79 Å². The van der Waals surface area contributed by atoms with Gasteiger partial charge < -0.3 is 15.3 Å². The smallest absolute Gasteiger partial charge is 0.339 e. The summed E-state index contributed by atoms with van der Waals surface area (Å²) in [5.41, 5.74) is 7.12.